The van der Waals surface area contributed by atoms with Crippen molar-refractivity contribution < 1.29 is 37.4 Å². The van der Waals surface area contributed by atoms with Crippen LogP contribution in [0.25, 0.3) is 11.3 Å². The maximum Gasteiger partial charge on any atom is 0.410 e. The number of benzene rings is 3. The van der Waals surface area contributed by atoms with E-state index < -0.39 is 40.8 Å². The number of carbonyl (C=O) groups excluding carboxylic acids is 3. The van der Waals surface area contributed by atoms with Crippen LogP contribution >= 0.6 is 0 Å². The number of ether oxygens (including phenoxy) is 3. The van der Waals surface area contributed by atoms with E-state index in [1.54, 1.807) is 82.8 Å². The largest absolute Gasteiger partial charge is 0.473 e. The third-order valence-corrected chi connectivity index (χ3v) is 8.21. The van der Waals surface area contributed by atoms with Gasteiger partial charge in [0.15, 0.2) is 0 Å². The van der Waals surface area contributed by atoms with Crippen molar-refractivity contribution in [1.82, 2.24) is 9.88 Å². The van der Waals surface area contributed by atoms with Crippen LogP contribution in [0.3, 0.4) is 0 Å². The van der Waals surface area contributed by atoms with Gasteiger partial charge in [-0.1, -0.05) is 24.3 Å². The third kappa shape index (κ3) is 10.5. The molecule has 0 spiro atoms. The first-order valence-corrected chi connectivity index (χ1v) is 17.5. The molecule has 2 amide bonds. The van der Waals surface area contributed by atoms with Gasteiger partial charge in [0.1, 0.15) is 29.4 Å². The standard InChI is InChI=1S/C41H43F2N5O6/c1-40(2,3)53-38(50)28-14-15-34(35(20-28)45-23-30-16-17-48(30)39(51)54-41(4,5)6)46-36(49)21-26-12-13-27(19-32(26)43)33-8-7-9-37(47-33)52-24-29-11-10-25(22-44)18-31(29)42/h7-15,18-20,30,45H,16-17,21,23-24H2,1-6H3,(H,46,49)/t30-/m1/s1. The first kappa shape index (κ1) is 39.2. The summed E-state index contributed by atoms with van der Waals surface area (Å²) in [6.45, 7) is 11.4. The van der Waals surface area contributed by atoms with E-state index in [9.17, 15) is 18.8 Å². The van der Waals surface area contributed by atoms with E-state index in [1.165, 1.54) is 30.3 Å². The van der Waals surface area contributed by atoms with E-state index in [-0.39, 0.29) is 47.2 Å². The van der Waals surface area contributed by atoms with Gasteiger partial charge < -0.3 is 29.7 Å². The number of rotatable bonds is 11. The van der Waals surface area contributed by atoms with Gasteiger partial charge in [-0.2, -0.15) is 5.26 Å². The van der Waals surface area contributed by atoms with Crippen LogP contribution in [-0.4, -0.2) is 58.2 Å². The smallest absolute Gasteiger partial charge is 0.410 e. The summed E-state index contributed by atoms with van der Waals surface area (Å²) in [6, 6.07) is 19.8. The Morgan fingerprint density at radius 2 is 1.61 bits per heavy atom. The van der Waals surface area contributed by atoms with Crippen LogP contribution in [0.4, 0.5) is 25.0 Å². The van der Waals surface area contributed by atoms with E-state index >= 15 is 4.39 Å². The highest BCUT2D eigenvalue weighted by molar-refractivity contribution is 5.98. The zero-order valence-corrected chi connectivity index (χ0v) is 31.1. The van der Waals surface area contributed by atoms with Gasteiger partial charge in [0, 0.05) is 30.3 Å². The minimum Gasteiger partial charge on any atom is -0.473 e. The van der Waals surface area contributed by atoms with Crippen LogP contribution in [0.15, 0.2) is 72.8 Å². The molecular weight excluding hydrogens is 696 g/mol. The molecule has 1 atom stereocenters. The summed E-state index contributed by atoms with van der Waals surface area (Å²) >= 11 is 0. The molecule has 282 valence electrons. The van der Waals surface area contributed by atoms with Gasteiger partial charge in [-0.05, 0) is 96.0 Å². The van der Waals surface area contributed by atoms with Crippen LogP contribution < -0.4 is 15.4 Å². The maximum atomic E-state index is 15.4. The second-order valence-electron chi connectivity index (χ2n) is 14.9. The molecule has 13 heteroatoms. The molecule has 1 fully saturated rings. The molecule has 0 unspecified atom stereocenters. The molecule has 5 rings (SSSR count). The number of hydrogen-bond acceptors (Lipinski definition) is 9. The van der Waals surface area contributed by atoms with Crippen LogP contribution in [0.2, 0.25) is 0 Å². The second-order valence-corrected chi connectivity index (χ2v) is 14.9. The van der Waals surface area contributed by atoms with Gasteiger partial charge in [-0.3, -0.25) is 4.79 Å². The van der Waals surface area contributed by atoms with Crippen LogP contribution in [0.5, 0.6) is 5.88 Å². The third-order valence-electron chi connectivity index (χ3n) is 8.21. The first-order chi connectivity index (χ1) is 25.5. The van der Waals surface area contributed by atoms with E-state index in [0.29, 0.717) is 35.7 Å². The van der Waals surface area contributed by atoms with Crippen molar-refractivity contribution in [1.29, 1.82) is 5.26 Å². The Morgan fingerprint density at radius 1 is 0.889 bits per heavy atom. The number of pyridine rings is 1. The lowest BCUT2D eigenvalue weighted by Gasteiger charge is -2.41. The SMILES string of the molecule is CC(C)(C)OC(=O)c1ccc(NC(=O)Cc2ccc(-c3cccc(OCc4ccc(C#N)cc4F)n3)cc2F)c(NC[C@H]2CCN2C(=O)OC(C)(C)C)c1. The number of nitriles is 1. The highest BCUT2D eigenvalue weighted by atomic mass is 19.1. The molecule has 0 bridgehead atoms. The summed E-state index contributed by atoms with van der Waals surface area (Å²) in [5, 5.41) is 15.0. The fourth-order valence-corrected chi connectivity index (χ4v) is 5.46. The molecule has 4 aromatic rings. The quantitative estimate of drug-likeness (QED) is 0.146. The lowest BCUT2D eigenvalue weighted by Crippen LogP contribution is -2.55. The number of hydrogen-bond donors (Lipinski definition) is 2. The number of likely N-dealkylation sites (tertiary alicyclic amines) is 1. The zero-order valence-electron chi connectivity index (χ0n) is 31.1. The normalized spacial score (nSPS) is 14.0. The Bertz CT molecular complexity index is 2090. The number of halogens is 2. The van der Waals surface area contributed by atoms with Gasteiger partial charge in [-0.25, -0.2) is 23.4 Å². The summed E-state index contributed by atoms with van der Waals surface area (Å²) in [5.41, 5.74) is 1.10. The Balaban J connectivity index is 1.26. The number of anilines is 2. The van der Waals surface area contributed by atoms with Crippen molar-refractivity contribution in [2.75, 3.05) is 23.7 Å². The number of esters is 1. The molecule has 2 heterocycles. The lowest BCUT2D eigenvalue weighted by atomic mass is 10.0. The van der Waals surface area contributed by atoms with Crippen molar-refractivity contribution in [3.05, 3.63) is 107 Å². The van der Waals surface area contributed by atoms with Crippen molar-refractivity contribution in [3.8, 4) is 23.2 Å². The van der Waals surface area contributed by atoms with E-state index in [0.717, 1.165) is 12.5 Å². The average Bonchev–Trinajstić information content (AvgIpc) is 3.07. The topological polar surface area (TPSA) is 143 Å². The van der Waals surface area contributed by atoms with Gasteiger partial charge in [-0.15, -0.1) is 0 Å². The van der Waals surface area contributed by atoms with Gasteiger partial charge >= 0.3 is 12.1 Å². The molecule has 0 saturated carbocycles. The summed E-state index contributed by atoms with van der Waals surface area (Å²) in [6.07, 6.45) is 0.0273. The first-order valence-electron chi connectivity index (χ1n) is 17.5. The maximum absolute atomic E-state index is 15.4. The predicted molar refractivity (Wildman–Crippen MR) is 199 cm³/mol. The summed E-state index contributed by atoms with van der Waals surface area (Å²) in [5.74, 6) is -2.05. The monoisotopic (exact) mass is 739 g/mol. The van der Waals surface area contributed by atoms with Crippen molar-refractivity contribution in [2.24, 2.45) is 0 Å². The molecule has 3 aromatic carbocycles. The number of nitrogens with zero attached hydrogens (tertiary/aromatic N) is 3. The molecule has 1 aliphatic heterocycles. The molecule has 11 nitrogen and oxygen atoms in total. The molecule has 1 saturated heterocycles. The van der Waals surface area contributed by atoms with E-state index in [1.807, 2.05) is 6.07 Å². The highest BCUT2D eigenvalue weighted by Crippen LogP contribution is 2.29. The van der Waals surface area contributed by atoms with Crippen LogP contribution in [0, 0.1) is 23.0 Å². The molecule has 54 heavy (non-hydrogen) atoms. The average molecular weight is 740 g/mol. The molecule has 0 radical (unpaired) electrons. The summed E-state index contributed by atoms with van der Waals surface area (Å²) < 4.78 is 46.4. The molecule has 1 aromatic heterocycles. The van der Waals surface area contributed by atoms with Crippen LogP contribution in [0.1, 0.15) is 75.0 Å². The Labute approximate surface area is 313 Å². The molecule has 1 aliphatic rings. The van der Waals surface area contributed by atoms with Gasteiger partial charge in [0.2, 0.25) is 11.8 Å². The second kappa shape index (κ2) is 16.3. The number of carbonyl (C=O) groups is 3. The molecule has 0 aliphatic carbocycles. The Morgan fingerprint density at radius 3 is 2.26 bits per heavy atom. The van der Waals surface area contributed by atoms with Gasteiger partial charge in [0.05, 0.1) is 46.7 Å². The predicted octanol–water partition coefficient (Wildman–Crippen LogP) is 8.04. The minimum atomic E-state index is -0.725. The van der Waals surface area contributed by atoms with Crippen molar-refractivity contribution >= 4 is 29.3 Å². The van der Waals surface area contributed by atoms with E-state index in [2.05, 4.69) is 15.6 Å². The highest BCUT2D eigenvalue weighted by Gasteiger charge is 2.35. The van der Waals surface area contributed by atoms with Crippen LogP contribution in [-0.2, 0) is 27.3 Å². The summed E-state index contributed by atoms with van der Waals surface area (Å²) in [4.78, 5) is 44.9. The van der Waals surface area contributed by atoms with E-state index in [4.69, 9.17) is 19.5 Å². The zero-order chi connectivity index (χ0) is 39.2. The minimum absolute atomic E-state index is 0.123. The summed E-state index contributed by atoms with van der Waals surface area (Å²) in [7, 11) is 0. The number of nitrogens with one attached hydrogen (secondary N) is 2. The fourth-order valence-electron chi connectivity index (χ4n) is 5.46. The Kier molecular flexibility index (Phi) is 11.8. The number of aromatic nitrogens is 1. The van der Waals surface area contributed by atoms with Crippen molar-refractivity contribution in [3.63, 3.8) is 0 Å². The fraction of sp³-hybridized carbons (Fsp3) is 0.341. The lowest BCUT2D eigenvalue weighted by molar-refractivity contribution is -0.115. The molecule has 2 N–H and O–H groups in total. The molecular formula is C41H43F2N5O6. The van der Waals surface area contributed by atoms with Crippen molar-refractivity contribution in [2.45, 2.75) is 78.2 Å². The van der Waals surface area contributed by atoms with Gasteiger partial charge in [0.25, 0.3) is 0 Å². The Hall–Kier alpha value is -6.03. The number of amides is 2.